The Balaban J connectivity index is 0. The molecule has 0 fully saturated rings. The predicted octanol–water partition coefficient (Wildman–Crippen LogP) is 2.09. The van der Waals surface area contributed by atoms with Crippen LogP contribution in [0.1, 0.15) is 19.3 Å². The molecule has 52 valence electrons. The molecule has 0 aromatic carbocycles. The third-order valence-electron chi connectivity index (χ3n) is 0.838. The number of rotatable bonds is 4. The number of nitrogens with two attached hydrogens (primary N) is 1. The Morgan fingerprint density at radius 1 is 1.12 bits per heavy atom. The highest BCUT2D eigenvalue weighted by Gasteiger charge is 1.81. The van der Waals surface area contributed by atoms with E-state index in [-0.39, 0.29) is 17.0 Å². The number of unbranched alkanes of at least 4 members (excludes halogenated alkanes) is 2. The van der Waals surface area contributed by atoms with Crippen LogP contribution in [0, 0.1) is 0 Å². The topological polar surface area (TPSA) is 26.0 Å². The Kier molecular flexibility index (Phi) is 15.8. The molecular weight excluding hydrogens is 234 g/mol. The summed E-state index contributed by atoms with van der Waals surface area (Å²) in [5.41, 5.74) is 5.25. The van der Waals surface area contributed by atoms with E-state index in [0.29, 0.717) is 0 Å². The van der Waals surface area contributed by atoms with Crippen LogP contribution in [-0.4, -0.2) is 11.9 Å². The van der Waals surface area contributed by atoms with Crippen molar-refractivity contribution in [3.05, 3.63) is 0 Å². The Bertz CT molecular complexity index is 29.6. The van der Waals surface area contributed by atoms with Crippen LogP contribution in [0.25, 0.3) is 0 Å². The summed E-state index contributed by atoms with van der Waals surface area (Å²) in [5.74, 6) is 0. The van der Waals surface area contributed by atoms with Crippen molar-refractivity contribution < 1.29 is 0 Å². The third kappa shape index (κ3) is 10.0. The summed E-state index contributed by atoms with van der Waals surface area (Å²) in [4.78, 5) is 0. The normalized spacial score (nSPS) is 8.25. The van der Waals surface area contributed by atoms with Gasteiger partial charge in [-0.2, -0.15) is 0 Å². The number of halogens is 2. The molecule has 0 rings (SSSR count). The summed E-state index contributed by atoms with van der Waals surface area (Å²) >= 11 is 3.34. The molecule has 0 aromatic rings. The molecule has 0 saturated carbocycles. The zero-order chi connectivity index (χ0) is 5.54. The van der Waals surface area contributed by atoms with E-state index in [1.54, 1.807) is 0 Å². The Morgan fingerprint density at radius 3 is 2.12 bits per heavy atom. The average molecular weight is 247 g/mol. The lowest BCUT2D eigenvalue weighted by atomic mass is 10.3. The number of alkyl halides is 1. The first-order valence-corrected chi connectivity index (χ1v) is 3.80. The van der Waals surface area contributed by atoms with Crippen molar-refractivity contribution in [2.45, 2.75) is 19.3 Å². The van der Waals surface area contributed by atoms with E-state index in [1.807, 2.05) is 0 Å². The molecule has 0 saturated heterocycles. The van der Waals surface area contributed by atoms with Gasteiger partial charge in [-0.15, -0.1) is 17.0 Å². The van der Waals surface area contributed by atoms with Gasteiger partial charge in [-0.1, -0.05) is 22.4 Å². The van der Waals surface area contributed by atoms with Crippen molar-refractivity contribution in [3.63, 3.8) is 0 Å². The van der Waals surface area contributed by atoms with Gasteiger partial charge in [0.2, 0.25) is 0 Å². The third-order valence-corrected chi connectivity index (χ3v) is 1.40. The van der Waals surface area contributed by atoms with Crippen molar-refractivity contribution in [2.75, 3.05) is 11.9 Å². The molecule has 0 heterocycles. The van der Waals surface area contributed by atoms with Gasteiger partial charge < -0.3 is 5.73 Å². The summed E-state index contributed by atoms with van der Waals surface area (Å²) in [6.07, 6.45) is 3.70. The SMILES string of the molecule is Br.NCCCCCBr. The summed E-state index contributed by atoms with van der Waals surface area (Å²) in [7, 11) is 0. The van der Waals surface area contributed by atoms with E-state index in [4.69, 9.17) is 5.73 Å². The van der Waals surface area contributed by atoms with Crippen LogP contribution < -0.4 is 5.73 Å². The first kappa shape index (κ1) is 11.7. The van der Waals surface area contributed by atoms with Crippen LogP contribution >= 0.6 is 32.9 Å². The van der Waals surface area contributed by atoms with E-state index in [0.717, 1.165) is 11.9 Å². The van der Waals surface area contributed by atoms with E-state index < -0.39 is 0 Å². The molecular formula is C5H13Br2N. The van der Waals surface area contributed by atoms with Crippen molar-refractivity contribution in [3.8, 4) is 0 Å². The molecule has 0 aliphatic rings. The smallest absolute Gasteiger partial charge is 0.00313 e. The minimum absolute atomic E-state index is 0. The molecule has 3 heteroatoms. The highest BCUT2D eigenvalue weighted by atomic mass is 79.9. The minimum atomic E-state index is 0. The van der Waals surface area contributed by atoms with Crippen LogP contribution in [-0.2, 0) is 0 Å². The zero-order valence-corrected chi connectivity index (χ0v) is 8.20. The second-order valence-corrected chi connectivity index (χ2v) is 2.33. The van der Waals surface area contributed by atoms with E-state index >= 15 is 0 Å². The van der Waals surface area contributed by atoms with Crippen molar-refractivity contribution >= 4 is 32.9 Å². The van der Waals surface area contributed by atoms with Crippen LogP contribution in [0.3, 0.4) is 0 Å². The predicted molar refractivity (Wildman–Crippen MR) is 47.0 cm³/mol. The van der Waals surface area contributed by atoms with Gasteiger partial charge in [-0.3, -0.25) is 0 Å². The molecule has 0 radical (unpaired) electrons. The Morgan fingerprint density at radius 2 is 1.75 bits per heavy atom. The summed E-state index contributed by atoms with van der Waals surface area (Å²) in [6, 6.07) is 0. The van der Waals surface area contributed by atoms with Crippen LogP contribution in [0.4, 0.5) is 0 Å². The van der Waals surface area contributed by atoms with Gasteiger partial charge in [0.25, 0.3) is 0 Å². The van der Waals surface area contributed by atoms with Gasteiger partial charge in [-0.05, 0) is 19.4 Å². The van der Waals surface area contributed by atoms with Crippen LogP contribution in [0.15, 0.2) is 0 Å². The molecule has 2 N–H and O–H groups in total. The maximum atomic E-state index is 5.25. The average Bonchev–Trinajstić information content (AvgIpc) is 1.69. The lowest BCUT2D eigenvalue weighted by molar-refractivity contribution is 0.734. The molecule has 0 bridgehead atoms. The molecule has 0 amide bonds. The first-order chi connectivity index (χ1) is 3.41. The standard InChI is InChI=1S/C5H12BrN.BrH/c6-4-2-1-3-5-7;/h1-5,7H2;1H. The van der Waals surface area contributed by atoms with Crippen molar-refractivity contribution in [2.24, 2.45) is 5.73 Å². The molecule has 8 heavy (non-hydrogen) atoms. The monoisotopic (exact) mass is 245 g/mol. The quantitative estimate of drug-likeness (QED) is 0.597. The molecule has 0 spiro atoms. The second-order valence-electron chi connectivity index (χ2n) is 1.54. The second kappa shape index (κ2) is 10.8. The summed E-state index contributed by atoms with van der Waals surface area (Å²) < 4.78 is 0. The molecule has 0 aliphatic carbocycles. The molecule has 0 atom stereocenters. The van der Waals surface area contributed by atoms with Crippen molar-refractivity contribution in [1.82, 2.24) is 0 Å². The number of hydrogen-bond donors (Lipinski definition) is 1. The highest BCUT2D eigenvalue weighted by molar-refractivity contribution is 9.09. The minimum Gasteiger partial charge on any atom is -0.330 e. The maximum Gasteiger partial charge on any atom is 0.00313 e. The fraction of sp³-hybridized carbons (Fsp3) is 1.00. The Labute approximate surface area is 69.9 Å². The Hall–Kier alpha value is 0.920. The van der Waals surface area contributed by atoms with Gasteiger partial charge in [-0.25, -0.2) is 0 Å². The van der Waals surface area contributed by atoms with Crippen molar-refractivity contribution in [1.29, 1.82) is 0 Å². The van der Waals surface area contributed by atoms with E-state index in [2.05, 4.69) is 15.9 Å². The number of hydrogen-bond acceptors (Lipinski definition) is 1. The molecule has 0 aliphatic heterocycles. The van der Waals surface area contributed by atoms with Gasteiger partial charge >= 0.3 is 0 Å². The fourth-order valence-corrected chi connectivity index (χ4v) is 0.812. The van der Waals surface area contributed by atoms with Gasteiger partial charge in [0.05, 0.1) is 0 Å². The van der Waals surface area contributed by atoms with Gasteiger partial charge in [0.1, 0.15) is 0 Å². The van der Waals surface area contributed by atoms with Gasteiger partial charge in [0, 0.05) is 5.33 Å². The van der Waals surface area contributed by atoms with Gasteiger partial charge in [0.15, 0.2) is 0 Å². The summed E-state index contributed by atoms with van der Waals surface area (Å²) in [5, 5.41) is 1.12. The zero-order valence-electron chi connectivity index (χ0n) is 4.90. The highest BCUT2D eigenvalue weighted by Crippen LogP contribution is 1.95. The molecule has 0 unspecified atom stereocenters. The lowest BCUT2D eigenvalue weighted by Crippen LogP contribution is -1.97. The van der Waals surface area contributed by atoms with E-state index in [1.165, 1.54) is 19.3 Å². The first-order valence-electron chi connectivity index (χ1n) is 2.68. The lowest BCUT2D eigenvalue weighted by Gasteiger charge is -1.90. The molecule has 1 nitrogen and oxygen atoms in total. The molecule has 0 aromatic heterocycles. The maximum absolute atomic E-state index is 5.25. The fourth-order valence-electron chi connectivity index (χ4n) is 0.416. The van der Waals surface area contributed by atoms with Crippen LogP contribution in [0.5, 0.6) is 0 Å². The largest absolute Gasteiger partial charge is 0.330 e. The van der Waals surface area contributed by atoms with Crippen LogP contribution in [0.2, 0.25) is 0 Å². The van der Waals surface area contributed by atoms with E-state index in [9.17, 15) is 0 Å². The summed E-state index contributed by atoms with van der Waals surface area (Å²) in [6.45, 7) is 0.840.